The zero-order valence-corrected chi connectivity index (χ0v) is 10.0. The first-order valence-electron chi connectivity index (χ1n) is 4.73. The first-order valence-corrected chi connectivity index (χ1v) is 5.53. The maximum absolute atomic E-state index is 5.43. The Kier molecular flexibility index (Phi) is 2.48. The van der Waals surface area contributed by atoms with Gasteiger partial charge in [0.05, 0.1) is 6.20 Å². The minimum Gasteiger partial charge on any atom is -0.444 e. The molecule has 0 N–H and O–H groups in total. The molecule has 3 aromatic heterocycles. The monoisotopic (exact) mass is 295 g/mol. The van der Waals surface area contributed by atoms with Gasteiger partial charge in [-0.2, -0.15) is 0 Å². The zero-order valence-electron chi connectivity index (χ0n) is 8.45. The molecule has 3 aromatic rings. The molecule has 8 heteroatoms. The molecule has 3 rings (SSSR count). The summed E-state index contributed by atoms with van der Waals surface area (Å²) in [6.07, 6.45) is 3.30. The van der Waals surface area contributed by atoms with Gasteiger partial charge in [0, 0.05) is 6.20 Å². The second-order valence-corrected chi connectivity index (χ2v) is 3.99. The number of hydrogen-bond acceptors (Lipinski definition) is 6. The van der Waals surface area contributed by atoms with Crippen LogP contribution in [0.1, 0.15) is 5.89 Å². The Morgan fingerprint density at radius 1 is 1.24 bits per heavy atom. The van der Waals surface area contributed by atoms with Gasteiger partial charge >= 0.3 is 0 Å². The minimum atomic E-state index is 0.339. The highest BCUT2D eigenvalue weighted by atomic mass is 79.9. The number of hydrogen-bond donors (Lipinski definition) is 0. The van der Waals surface area contributed by atoms with Gasteiger partial charge in [0.25, 0.3) is 5.89 Å². The molecule has 0 saturated carbocycles. The minimum absolute atomic E-state index is 0.339. The summed E-state index contributed by atoms with van der Waals surface area (Å²) in [5.74, 6) is 1.30. The molecule has 0 aliphatic carbocycles. The van der Waals surface area contributed by atoms with E-state index in [1.165, 1.54) is 0 Å². The molecule has 0 unspecified atom stereocenters. The smallest absolute Gasteiger partial charge is 0.283 e. The van der Waals surface area contributed by atoms with Crippen molar-refractivity contribution in [2.75, 3.05) is 0 Å². The molecule has 0 spiro atoms. The summed E-state index contributed by atoms with van der Waals surface area (Å²) in [5.41, 5.74) is 0. The van der Waals surface area contributed by atoms with E-state index in [1.807, 2.05) is 0 Å². The largest absolute Gasteiger partial charge is 0.444 e. The summed E-state index contributed by atoms with van der Waals surface area (Å²) in [4.78, 5) is 0. The fourth-order valence-electron chi connectivity index (χ4n) is 1.30. The molecule has 0 amide bonds. The van der Waals surface area contributed by atoms with E-state index >= 15 is 0 Å². The third kappa shape index (κ3) is 2.11. The number of rotatable bonds is 3. The predicted octanol–water partition coefficient (Wildman–Crippen LogP) is 1.73. The lowest BCUT2D eigenvalue weighted by Crippen LogP contribution is -2.00. The Balaban J connectivity index is 1.83. The van der Waals surface area contributed by atoms with E-state index in [4.69, 9.17) is 8.83 Å². The molecule has 0 aliphatic rings. The van der Waals surface area contributed by atoms with Crippen LogP contribution >= 0.6 is 15.9 Å². The Bertz CT molecular complexity index is 615. The summed E-state index contributed by atoms with van der Waals surface area (Å²) in [6, 6.07) is 3.51. The fraction of sp³-hybridized carbons (Fsp3) is 0.111. The van der Waals surface area contributed by atoms with Gasteiger partial charge in [0.2, 0.25) is 5.89 Å². The Labute approximate surface area is 104 Å². The molecule has 0 atom stereocenters. The average molecular weight is 296 g/mol. The number of nitrogens with zero attached hydrogens (tertiary/aromatic N) is 5. The van der Waals surface area contributed by atoms with Gasteiger partial charge < -0.3 is 8.83 Å². The van der Waals surface area contributed by atoms with Crippen LogP contribution in [0, 0.1) is 0 Å². The lowest BCUT2D eigenvalue weighted by atomic mass is 10.5. The van der Waals surface area contributed by atoms with E-state index < -0.39 is 0 Å². The highest BCUT2D eigenvalue weighted by Gasteiger charge is 2.12. The summed E-state index contributed by atoms with van der Waals surface area (Å²) < 4.78 is 12.9. The van der Waals surface area contributed by atoms with Gasteiger partial charge in [-0.05, 0) is 28.1 Å². The standard InChI is InChI=1S/C9H6BrN5O2/c10-7-2-1-6(16-7)9-13-12-8(17-9)5-15-4-3-11-14-15/h1-4H,5H2. The second-order valence-electron chi connectivity index (χ2n) is 3.21. The summed E-state index contributed by atoms with van der Waals surface area (Å²) >= 11 is 3.21. The van der Waals surface area contributed by atoms with Crippen LogP contribution in [0.2, 0.25) is 0 Å². The highest BCUT2D eigenvalue weighted by molar-refractivity contribution is 9.10. The first-order chi connectivity index (χ1) is 8.31. The van der Waals surface area contributed by atoms with Crippen molar-refractivity contribution in [3.05, 3.63) is 35.1 Å². The van der Waals surface area contributed by atoms with Crippen molar-refractivity contribution in [3.63, 3.8) is 0 Å². The maximum atomic E-state index is 5.43. The van der Waals surface area contributed by atoms with Crippen molar-refractivity contribution in [2.45, 2.75) is 6.54 Å². The molecule has 0 aliphatic heterocycles. The third-order valence-corrected chi connectivity index (χ3v) is 2.45. The van der Waals surface area contributed by atoms with Crippen LogP contribution in [0.4, 0.5) is 0 Å². The normalized spacial score (nSPS) is 10.9. The van der Waals surface area contributed by atoms with Crippen molar-refractivity contribution >= 4 is 15.9 Å². The fourth-order valence-corrected chi connectivity index (χ4v) is 1.61. The summed E-state index contributed by atoms with van der Waals surface area (Å²) in [5, 5.41) is 15.3. The van der Waals surface area contributed by atoms with Crippen LogP contribution < -0.4 is 0 Å². The SMILES string of the molecule is Brc1ccc(-c2nnc(Cn3ccnn3)o2)o1. The van der Waals surface area contributed by atoms with Crippen molar-refractivity contribution in [1.82, 2.24) is 25.2 Å². The maximum Gasteiger partial charge on any atom is 0.283 e. The van der Waals surface area contributed by atoms with Crippen LogP contribution in [0.25, 0.3) is 11.7 Å². The van der Waals surface area contributed by atoms with E-state index in [0.29, 0.717) is 28.8 Å². The number of halogens is 1. The lowest BCUT2D eigenvalue weighted by molar-refractivity contribution is 0.451. The molecular weight excluding hydrogens is 290 g/mol. The van der Waals surface area contributed by atoms with Crippen LogP contribution in [-0.4, -0.2) is 25.2 Å². The lowest BCUT2D eigenvalue weighted by Gasteiger charge is -1.92. The van der Waals surface area contributed by atoms with Gasteiger partial charge in [-0.3, -0.25) is 0 Å². The number of aromatic nitrogens is 5. The van der Waals surface area contributed by atoms with Crippen molar-refractivity contribution in [3.8, 4) is 11.7 Å². The molecule has 0 aromatic carbocycles. The highest BCUT2D eigenvalue weighted by Crippen LogP contribution is 2.23. The van der Waals surface area contributed by atoms with Crippen LogP contribution in [-0.2, 0) is 6.54 Å². The van der Waals surface area contributed by atoms with Gasteiger partial charge in [0.15, 0.2) is 10.4 Å². The molecule has 17 heavy (non-hydrogen) atoms. The zero-order chi connectivity index (χ0) is 11.7. The Morgan fingerprint density at radius 3 is 2.88 bits per heavy atom. The van der Waals surface area contributed by atoms with E-state index in [1.54, 1.807) is 29.2 Å². The molecule has 0 radical (unpaired) electrons. The van der Waals surface area contributed by atoms with Crippen molar-refractivity contribution < 1.29 is 8.83 Å². The Morgan fingerprint density at radius 2 is 2.18 bits per heavy atom. The van der Waals surface area contributed by atoms with Crippen LogP contribution in [0.15, 0.2) is 38.0 Å². The van der Waals surface area contributed by atoms with E-state index in [0.717, 1.165) is 0 Å². The quantitative estimate of drug-likeness (QED) is 0.732. The van der Waals surface area contributed by atoms with Gasteiger partial charge in [-0.1, -0.05) is 5.21 Å². The first kappa shape index (κ1) is 10.2. The average Bonchev–Trinajstić information content (AvgIpc) is 2.99. The summed E-state index contributed by atoms with van der Waals surface area (Å²) in [7, 11) is 0. The van der Waals surface area contributed by atoms with Crippen molar-refractivity contribution in [1.29, 1.82) is 0 Å². The molecular formula is C9H6BrN5O2. The van der Waals surface area contributed by atoms with Crippen LogP contribution in [0.5, 0.6) is 0 Å². The predicted molar refractivity (Wildman–Crippen MR) is 58.8 cm³/mol. The van der Waals surface area contributed by atoms with Gasteiger partial charge in [-0.25, -0.2) is 4.68 Å². The van der Waals surface area contributed by atoms with E-state index in [9.17, 15) is 0 Å². The number of furan rings is 1. The second kappa shape index (κ2) is 4.13. The van der Waals surface area contributed by atoms with Gasteiger partial charge in [-0.15, -0.1) is 15.3 Å². The third-order valence-electron chi connectivity index (χ3n) is 2.02. The van der Waals surface area contributed by atoms with Gasteiger partial charge in [0.1, 0.15) is 6.54 Å². The van der Waals surface area contributed by atoms with E-state index in [2.05, 4.69) is 36.4 Å². The van der Waals surface area contributed by atoms with Crippen molar-refractivity contribution in [2.24, 2.45) is 0 Å². The molecule has 0 fully saturated rings. The molecule has 7 nitrogen and oxygen atoms in total. The Hall–Kier alpha value is -1.96. The molecule has 0 bridgehead atoms. The van der Waals surface area contributed by atoms with E-state index in [-0.39, 0.29) is 0 Å². The molecule has 86 valence electrons. The molecule has 0 saturated heterocycles. The summed E-state index contributed by atoms with van der Waals surface area (Å²) in [6.45, 7) is 0.384. The van der Waals surface area contributed by atoms with Crippen LogP contribution in [0.3, 0.4) is 0 Å². The molecule has 3 heterocycles. The topological polar surface area (TPSA) is 82.8 Å².